The number of ether oxygens (including phenoxy) is 2. The van der Waals surface area contributed by atoms with Crippen molar-refractivity contribution < 1.29 is 14.3 Å². The molecule has 28 heavy (non-hydrogen) atoms. The van der Waals surface area contributed by atoms with Crippen molar-refractivity contribution >= 4 is 11.6 Å². The molecule has 0 radical (unpaired) electrons. The second-order valence-corrected chi connectivity index (χ2v) is 7.43. The summed E-state index contributed by atoms with van der Waals surface area (Å²) in [6.45, 7) is 7.65. The first kappa shape index (κ1) is 18.5. The number of rotatable bonds is 4. The van der Waals surface area contributed by atoms with Crippen LogP contribution in [0.5, 0.6) is 5.75 Å². The van der Waals surface area contributed by atoms with Crippen molar-refractivity contribution in [3.8, 4) is 5.75 Å². The normalized spacial score (nSPS) is 19.8. The molecule has 1 aliphatic heterocycles. The van der Waals surface area contributed by atoms with Crippen LogP contribution >= 0.6 is 0 Å². The molecular formula is C22H25N3O3. The van der Waals surface area contributed by atoms with Crippen LogP contribution in [0.2, 0.25) is 0 Å². The van der Waals surface area contributed by atoms with Gasteiger partial charge in [0.15, 0.2) is 0 Å². The molecule has 1 aromatic carbocycles. The fourth-order valence-electron chi connectivity index (χ4n) is 3.65. The maximum absolute atomic E-state index is 12.7. The van der Waals surface area contributed by atoms with Crippen LogP contribution in [0.4, 0.5) is 0 Å². The predicted molar refractivity (Wildman–Crippen MR) is 107 cm³/mol. The number of amides is 1. The molecule has 2 aromatic heterocycles. The summed E-state index contributed by atoms with van der Waals surface area (Å²) in [6.07, 6.45) is 4.07. The highest BCUT2D eigenvalue weighted by atomic mass is 16.5. The van der Waals surface area contributed by atoms with Gasteiger partial charge in [0.2, 0.25) is 0 Å². The van der Waals surface area contributed by atoms with Gasteiger partial charge in [-0.2, -0.15) is 0 Å². The lowest BCUT2D eigenvalue weighted by Gasteiger charge is -2.35. The molecule has 0 bridgehead atoms. The van der Waals surface area contributed by atoms with Crippen LogP contribution in [0.3, 0.4) is 0 Å². The van der Waals surface area contributed by atoms with E-state index in [4.69, 9.17) is 9.47 Å². The summed E-state index contributed by atoms with van der Waals surface area (Å²) in [7, 11) is 0. The molecule has 146 valence electrons. The van der Waals surface area contributed by atoms with Crippen LogP contribution < -0.4 is 4.74 Å². The number of aryl methyl sites for hydroxylation is 1. The van der Waals surface area contributed by atoms with E-state index in [0.29, 0.717) is 31.0 Å². The molecule has 1 saturated heterocycles. The Kier molecular flexibility index (Phi) is 5.05. The average Bonchev–Trinajstić information content (AvgIpc) is 3.10. The third-order valence-electron chi connectivity index (χ3n) is 4.92. The molecule has 0 spiro atoms. The monoisotopic (exact) mass is 379 g/mol. The summed E-state index contributed by atoms with van der Waals surface area (Å²) in [6, 6.07) is 11.3. The van der Waals surface area contributed by atoms with Gasteiger partial charge in [0.05, 0.1) is 17.9 Å². The number of carbonyl (C=O) groups excluding carboxylic acids is 1. The summed E-state index contributed by atoms with van der Waals surface area (Å²) in [5.41, 5.74) is 3.60. The van der Waals surface area contributed by atoms with E-state index in [1.807, 2.05) is 78.9 Å². The lowest BCUT2D eigenvalue weighted by atomic mass is 10.1. The Balaban J connectivity index is 1.40. The van der Waals surface area contributed by atoms with Crippen LogP contribution in [0.25, 0.3) is 5.65 Å². The summed E-state index contributed by atoms with van der Waals surface area (Å²) < 4.78 is 13.6. The molecule has 1 fully saturated rings. The highest BCUT2D eigenvalue weighted by molar-refractivity contribution is 5.94. The molecule has 6 heteroatoms. The number of benzene rings is 1. The van der Waals surface area contributed by atoms with Crippen LogP contribution in [0.1, 0.15) is 35.5 Å². The van der Waals surface area contributed by atoms with Gasteiger partial charge in [-0.3, -0.25) is 4.79 Å². The molecule has 6 nitrogen and oxygen atoms in total. The molecular weight excluding hydrogens is 354 g/mol. The molecule has 3 heterocycles. The third kappa shape index (κ3) is 3.87. The number of hydrogen-bond acceptors (Lipinski definition) is 4. The Hall–Kier alpha value is -2.86. The number of carbonyl (C=O) groups is 1. The van der Waals surface area contributed by atoms with E-state index in [9.17, 15) is 4.79 Å². The van der Waals surface area contributed by atoms with E-state index in [1.165, 1.54) is 0 Å². The van der Waals surface area contributed by atoms with Gasteiger partial charge in [0.1, 0.15) is 18.0 Å². The minimum atomic E-state index is 0.0318. The smallest absolute Gasteiger partial charge is 0.254 e. The molecule has 0 aliphatic carbocycles. The van der Waals surface area contributed by atoms with E-state index >= 15 is 0 Å². The van der Waals surface area contributed by atoms with Gasteiger partial charge >= 0.3 is 0 Å². The van der Waals surface area contributed by atoms with Crippen LogP contribution in [0.15, 0.2) is 48.8 Å². The Bertz CT molecular complexity index is 970. The van der Waals surface area contributed by atoms with E-state index < -0.39 is 0 Å². The second-order valence-electron chi connectivity index (χ2n) is 7.43. The lowest BCUT2D eigenvalue weighted by Crippen LogP contribution is -2.48. The van der Waals surface area contributed by atoms with Gasteiger partial charge in [-0.1, -0.05) is 6.07 Å². The Morgan fingerprint density at radius 2 is 1.89 bits per heavy atom. The molecule has 0 N–H and O–H groups in total. The first-order valence-corrected chi connectivity index (χ1v) is 9.60. The van der Waals surface area contributed by atoms with Gasteiger partial charge in [-0.15, -0.1) is 0 Å². The zero-order chi connectivity index (χ0) is 19.7. The van der Waals surface area contributed by atoms with Gasteiger partial charge in [-0.25, -0.2) is 4.98 Å². The molecule has 2 atom stereocenters. The number of aromatic nitrogens is 2. The van der Waals surface area contributed by atoms with Crippen molar-refractivity contribution in [3.05, 3.63) is 65.6 Å². The lowest BCUT2D eigenvalue weighted by molar-refractivity contribution is -0.0586. The van der Waals surface area contributed by atoms with Crippen molar-refractivity contribution in [2.24, 2.45) is 0 Å². The molecule has 0 saturated carbocycles. The Morgan fingerprint density at radius 3 is 2.57 bits per heavy atom. The van der Waals surface area contributed by atoms with Gasteiger partial charge < -0.3 is 18.8 Å². The number of nitrogens with zero attached hydrogens (tertiary/aromatic N) is 3. The molecule has 0 unspecified atom stereocenters. The Labute approximate surface area is 164 Å². The molecule has 1 amide bonds. The molecule has 4 rings (SSSR count). The van der Waals surface area contributed by atoms with Crippen molar-refractivity contribution in [3.63, 3.8) is 0 Å². The maximum atomic E-state index is 12.7. The number of morpholine rings is 1. The number of imidazole rings is 1. The summed E-state index contributed by atoms with van der Waals surface area (Å²) in [5, 5.41) is 0. The Morgan fingerprint density at radius 1 is 1.18 bits per heavy atom. The van der Waals surface area contributed by atoms with Crippen LogP contribution in [0, 0.1) is 6.92 Å². The van der Waals surface area contributed by atoms with Gasteiger partial charge in [0.25, 0.3) is 5.91 Å². The maximum Gasteiger partial charge on any atom is 0.254 e. The predicted octanol–water partition coefficient (Wildman–Crippen LogP) is 3.47. The van der Waals surface area contributed by atoms with Crippen LogP contribution in [-0.4, -0.2) is 45.5 Å². The fraction of sp³-hybridized carbons (Fsp3) is 0.364. The standard InChI is InChI=1S/C22H25N3O3/c1-15-5-4-10-24-13-19(23-21(15)24)14-27-20-8-6-18(7-9-20)22(26)25-11-16(2)28-17(3)12-25/h4-10,13,16-17H,11-12,14H2,1-3H3/t16-,17-/m0/s1. The second kappa shape index (κ2) is 7.64. The van der Waals surface area contributed by atoms with Gasteiger partial charge in [0, 0.05) is 31.0 Å². The van der Waals surface area contributed by atoms with Crippen molar-refractivity contribution in [1.82, 2.24) is 14.3 Å². The largest absolute Gasteiger partial charge is 0.487 e. The van der Waals surface area contributed by atoms with Crippen LogP contribution in [-0.2, 0) is 11.3 Å². The first-order valence-electron chi connectivity index (χ1n) is 9.60. The highest BCUT2D eigenvalue weighted by Crippen LogP contribution is 2.18. The number of hydrogen-bond donors (Lipinski definition) is 0. The van der Waals surface area contributed by atoms with Crippen molar-refractivity contribution in [1.29, 1.82) is 0 Å². The summed E-state index contributed by atoms with van der Waals surface area (Å²) in [4.78, 5) is 19.2. The zero-order valence-electron chi connectivity index (χ0n) is 16.5. The zero-order valence-corrected chi connectivity index (χ0v) is 16.5. The summed E-state index contributed by atoms with van der Waals surface area (Å²) >= 11 is 0. The average molecular weight is 379 g/mol. The highest BCUT2D eigenvalue weighted by Gasteiger charge is 2.26. The molecule has 1 aliphatic rings. The SMILES string of the molecule is Cc1cccn2cc(COc3ccc(C(=O)N4C[C@H](C)O[C@@H](C)C4)cc3)nc12. The van der Waals surface area contributed by atoms with E-state index in [2.05, 4.69) is 4.98 Å². The van der Waals surface area contributed by atoms with Gasteiger partial charge in [-0.05, 0) is 56.7 Å². The minimum Gasteiger partial charge on any atom is -0.487 e. The van der Waals surface area contributed by atoms with E-state index in [-0.39, 0.29) is 18.1 Å². The van der Waals surface area contributed by atoms with Crippen molar-refractivity contribution in [2.75, 3.05) is 13.1 Å². The number of fused-ring (bicyclic) bond motifs is 1. The summed E-state index contributed by atoms with van der Waals surface area (Å²) in [5.74, 6) is 0.749. The van der Waals surface area contributed by atoms with Crippen molar-refractivity contribution in [2.45, 2.75) is 39.6 Å². The first-order chi connectivity index (χ1) is 13.5. The third-order valence-corrected chi connectivity index (χ3v) is 4.92. The topological polar surface area (TPSA) is 56.1 Å². The quantitative estimate of drug-likeness (QED) is 0.697. The van der Waals surface area contributed by atoms with E-state index in [0.717, 1.165) is 16.9 Å². The molecule has 3 aromatic rings. The fourth-order valence-corrected chi connectivity index (χ4v) is 3.65. The minimum absolute atomic E-state index is 0.0318. The van der Waals surface area contributed by atoms with E-state index in [1.54, 1.807) is 0 Å². The number of pyridine rings is 1.